The third-order valence-corrected chi connectivity index (χ3v) is 4.63. The van der Waals surface area contributed by atoms with Gasteiger partial charge in [-0.05, 0) is 47.7 Å². The summed E-state index contributed by atoms with van der Waals surface area (Å²) in [5, 5.41) is 0. The predicted octanol–water partition coefficient (Wildman–Crippen LogP) is 1.88. The van der Waals surface area contributed by atoms with Gasteiger partial charge < -0.3 is 15.2 Å². The van der Waals surface area contributed by atoms with E-state index in [1.165, 1.54) is 0 Å². The van der Waals surface area contributed by atoms with Crippen LogP contribution >= 0.6 is 15.9 Å². The van der Waals surface area contributed by atoms with Crippen molar-refractivity contribution in [3.05, 3.63) is 22.4 Å². The van der Waals surface area contributed by atoms with Gasteiger partial charge in [0.2, 0.25) is 0 Å². The molecule has 5 heteroatoms. The van der Waals surface area contributed by atoms with Crippen molar-refractivity contribution < 1.29 is 4.79 Å². The maximum Gasteiger partial charge on any atom is 0.271 e. The lowest BCUT2D eigenvalue weighted by Crippen LogP contribution is -2.50. The number of aromatic nitrogens is 1. The number of hydrogen-bond donors (Lipinski definition) is 1. The molecule has 2 bridgehead atoms. The number of hydrogen-bond acceptors (Lipinski definition) is 2. The zero-order valence-corrected chi connectivity index (χ0v) is 12.1. The Balaban J connectivity index is 1.88. The van der Waals surface area contributed by atoms with E-state index in [4.69, 9.17) is 5.73 Å². The molecule has 18 heavy (non-hydrogen) atoms. The Bertz CT molecular complexity index is 471. The van der Waals surface area contributed by atoms with Gasteiger partial charge in [-0.1, -0.05) is 0 Å². The van der Waals surface area contributed by atoms with Crippen LogP contribution in [0.3, 0.4) is 0 Å². The van der Waals surface area contributed by atoms with Crippen LogP contribution in [0.5, 0.6) is 0 Å². The monoisotopic (exact) mass is 311 g/mol. The second kappa shape index (κ2) is 4.38. The number of carbonyl (C=O) groups excluding carboxylic acids is 1. The van der Waals surface area contributed by atoms with E-state index >= 15 is 0 Å². The van der Waals surface area contributed by atoms with Crippen LogP contribution in [-0.4, -0.2) is 33.5 Å². The lowest BCUT2D eigenvalue weighted by atomic mass is 9.98. The molecular weight excluding hydrogens is 294 g/mol. The van der Waals surface area contributed by atoms with E-state index in [-0.39, 0.29) is 11.9 Å². The van der Waals surface area contributed by atoms with Crippen LogP contribution in [-0.2, 0) is 7.05 Å². The molecule has 3 rings (SSSR count). The summed E-state index contributed by atoms with van der Waals surface area (Å²) in [6.45, 7) is 0. The van der Waals surface area contributed by atoms with Crippen molar-refractivity contribution in [3.8, 4) is 0 Å². The van der Waals surface area contributed by atoms with Crippen molar-refractivity contribution >= 4 is 21.8 Å². The number of amides is 1. The summed E-state index contributed by atoms with van der Waals surface area (Å²) in [5.74, 6) is 0.155. The molecule has 1 aromatic rings. The smallest absolute Gasteiger partial charge is 0.271 e. The highest BCUT2D eigenvalue weighted by Gasteiger charge is 2.42. The summed E-state index contributed by atoms with van der Waals surface area (Å²) in [4.78, 5) is 14.7. The Morgan fingerprint density at radius 3 is 2.50 bits per heavy atom. The van der Waals surface area contributed by atoms with Crippen molar-refractivity contribution in [3.63, 3.8) is 0 Å². The van der Waals surface area contributed by atoms with E-state index in [2.05, 4.69) is 20.8 Å². The SMILES string of the molecule is Cn1cc(Br)cc1C(=O)N1C2CCC1CC(N)C2. The Kier molecular flexibility index (Phi) is 2.98. The first-order valence-electron chi connectivity index (χ1n) is 6.46. The molecular formula is C13H18BrN3O. The molecule has 2 fully saturated rings. The van der Waals surface area contributed by atoms with Gasteiger partial charge in [-0.2, -0.15) is 0 Å². The molecule has 0 aromatic carbocycles. The zero-order valence-electron chi connectivity index (χ0n) is 10.5. The lowest BCUT2D eigenvalue weighted by Gasteiger charge is -2.37. The first kappa shape index (κ1) is 12.2. The largest absolute Gasteiger partial charge is 0.345 e. The summed E-state index contributed by atoms with van der Waals surface area (Å²) in [5.41, 5.74) is 6.80. The number of carbonyl (C=O) groups is 1. The van der Waals surface area contributed by atoms with Crippen LogP contribution in [0.15, 0.2) is 16.7 Å². The molecule has 0 saturated carbocycles. The van der Waals surface area contributed by atoms with E-state index in [9.17, 15) is 4.79 Å². The van der Waals surface area contributed by atoms with Crippen molar-refractivity contribution in [1.29, 1.82) is 0 Å². The number of aryl methyl sites for hydroxylation is 1. The van der Waals surface area contributed by atoms with E-state index in [1.54, 1.807) is 0 Å². The molecule has 2 N–H and O–H groups in total. The quantitative estimate of drug-likeness (QED) is 0.861. The maximum atomic E-state index is 12.6. The third-order valence-electron chi connectivity index (χ3n) is 4.19. The van der Waals surface area contributed by atoms with Gasteiger partial charge in [0.15, 0.2) is 0 Å². The molecule has 0 spiro atoms. The first-order chi connectivity index (χ1) is 8.56. The highest BCUT2D eigenvalue weighted by Crippen LogP contribution is 2.36. The fourth-order valence-corrected chi connectivity index (χ4v) is 3.94. The molecule has 1 aromatic heterocycles. The lowest BCUT2D eigenvalue weighted by molar-refractivity contribution is 0.0565. The molecule has 2 aliphatic heterocycles. The Hall–Kier alpha value is -0.810. The van der Waals surface area contributed by atoms with Crippen LogP contribution in [0.1, 0.15) is 36.2 Å². The second-order valence-electron chi connectivity index (χ2n) is 5.48. The molecule has 3 heterocycles. The van der Waals surface area contributed by atoms with Crippen LogP contribution < -0.4 is 5.73 Å². The molecule has 98 valence electrons. The minimum atomic E-state index is 0.155. The van der Waals surface area contributed by atoms with Crippen molar-refractivity contribution in [2.24, 2.45) is 12.8 Å². The van der Waals surface area contributed by atoms with E-state index in [1.807, 2.05) is 23.9 Å². The Morgan fingerprint density at radius 2 is 2.00 bits per heavy atom. The highest BCUT2D eigenvalue weighted by atomic mass is 79.9. The normalized spacial score (nSPS) is 30.8. The molecule has 2 unspecified atom stereocenters. The number of nitrogens with two attached hydrogens (primary N) is 1. The van der Waals surface area contributed by atoms with E-state index < -0.39 is 0 Å². The Labute approximate surface area is 115 Å². The highest BCUT2D eigenvalue weighted by molar-refractivity contribution is 9.10. The standard InChI is InChI=1S/C13H18BrN3O/c1-16-7-8(14)4-12(16)13(18)17-10-2-3-11(17)6-9(15)5-10/h4,7,9-11H,2-3,5-6,15H2,1H3. The van der Waals surface area contributed by atoms with Gasteiger partial charge in [-0.15, -0.1) is 0 Å². The van der Waals surface area contributed by atoms with Gasteiger partial charge in [0.05, 0.1) is 0 Å². The van der Waals surface area contributed by atoms with Gasteiger partial charge in [0.1, 0.15) is 5.69 Å². The van der Waals surface area contributed by atoms with Crippen molar-refractivity contribution in [1.82, 2.24) is 9.47 Å². The molecule has 4 nitrogen and oxygen atoms in total. The zero-order chi connectivity index (χ0) is 12.9. The van der Waals surface area contributed by atoms with Gasteiger partial charge in [0, 0.05) is 35.8 Å². The average Bonchev–Trinajstić information content (AvgIpc) is 2.76. The van der Waals surface area contributed by atoms with Gasteiger partial charge >= 0.3 is 0 Å². The van der Waals surface area contributed by atoms with E-state index in [0.29, 0.717) is 12.1 Å². The molecule has 0 aliphatic carbocycles. The third kappa shape index (κ3) is 1.89. The summed E-state index contributed by atoms with van der Waals surface area (Å²) in [7, 11) is 1.91. The summed E-state index contributed by atoms with van der Waals surface area (Å²) >= 11 is 3.42. The van der Waals surface area contributed by atoms with Crippen LogP contribution in [0.2, 0.25) is 0 Å². The number of piperidine rings is 1. The van der Waals surface area contributed by atoms with Crippen LogP contribution in [0.4, 0.5) is 0 Å². The molecule has 2 aliphatic rings. The van der Waals surface area contributed by atoms with Crippen LogP contribution in [0, 0.1) is 0 Å². The van der Waals surface area contributed by atoms with Gasteiger partial charge in [-0.3, -0.25) is 4.79 Å². The fraction of sp³-hybridized carbons (Fsp3) is 0.615. The second-order valence-corrected chi connectivity index (χ2v) is 6.40. The first-order valence-corrected chi connectivity index (χ1v) is 7.25. The predicted molar refractivity (Wildman–Crippen MR) is 73.3 cm³/mol. The number of halogens is 1. The Morgan fingerprint density at radius 1 is 1.39 bits per heavy atom. The number of nitrogens with zero attached hydrogens (tertiary/aromatic N) is 2. The summed E-state index contributed by atoms with van der Waals surface area (Å²) in [6.07, 6.45) is 6.04. The molecule has 2 atom stereocenters. The summed E-state index contributed by atoms with van der Waals surface area (Å²) < 4.78 is 2.84. The average molecular weight is 312 g/mol. The number of fused-ring (bicyclic) bond motifs is 2. The molecule has 1 amide bonds. The van der Waals surface area contributed by atoms with Gasteiger partial charge in [0.25, 0.3) is 5.91 Å². The maximum absolute atomic E-state index is 12.6. The molecule has 2 saturated heterocycles. The van der Waals surface area contributed by atoms with Crippen molar-refractivity contribution in [2.75, 3.05) is 0 Å². The van der Waals surface area contributed by atoms with E-state index in [0.717, 1.165) is 35.8 Å². The number of rotatable bonds is 1. The topological polar surface area (TPSA) is 51.3 Å². The minimum Gasteiger partial charge on any atom is -0.345 e. The molecule has 0 radical (unpaired) electrons. The fourth-order valence-electron chi connectivity index (χ4n) is 3.42. The summed E-state index contributed by atoms with van der Waals surface area (Å²) in [6, 6.07) is 2.86. The van der Waals surface area contributed by atoms with Crippen LogP contribution in [0.25, 0.3) is 0 Å². The minimum absolute atomic E-state index is 0.155. The van der Waals surface area contributed by atoms with Crippen molar-refractivity contribution in [2.45, 2.75) is 43.8 Å². The van der Waals surface area contributed by atoms with Gasteiger partial charge in [-0.25, -0.2) is 0 Å².